The first-order valence-corrected chi connectivity index (χ1v) is 9.06. The van der Waals surface area contributed by atoms with Crippen molar-refractivity contribution in [3.05, 3.63) is 74.8 Å². The Morgan fingerprint density at radius 3 is 2.48 bits per heavy atom. The molecule has 0 radical (unpaired) electrons. The molecule has 0 fully saturated rings. The zero-order chi connectivity index (χ0) is 19.4. The van der Waals surface area contributed by atoms with E-state index >= 15 is 0 Å². The molecule has 0 aliphatic carbocycles. The van der Waals surface area contributed by atoms with Gasteiger partial charge in [-0.3, -0.25) is 10.1 Å². The quantitative estimate of drug-likeness (QED) is 0.487. The number of hydrogen-bond donors (Lipinski definition) is 1. The first-order chi connectivity index (χ1) is 13.0. The molecule has 1 unspecified atom stereocenters. The van der Waals surface area contributed by atoms with Gasteiger partial charge in [-0.1, -0.05) is 12.1 Å². The average molecular weight is 385 g/mol. The molecule has 3 rings (SSSR count). The van der Waals surface area contributed by atoms with Crippen LogP contribution in [0.1, 0.15) is 22.7 Å². The van der Waals surface area contributed by atoms with Gasteiger partial charge in [-0.25, -0.2) is 4.98 Å². The van der Waals surface area contributed by atoms with Gasteiger partial charge in [0.1, 0.15) is 11.5 Å². The smallest absolute Gasteiger partial charge is 0.269 e. The Balaban J connectivity index is 2.03. The highest BCUT2D eigenvalue weighted by atomic mass is 32.1. The van der Waals surface area contributed by atoms with Crippen molar-refractivity contribution in [2.75, 3.05) is 20.0 Å². The van der Waals surface area contributed by atoms with Gasteiger partial charge >= 0.3 is 0 Å². The Morgan fingerprint density at radius 2 is 1.93 bits per heavy atom. The number of benzene rings is 2. The molecule has 0 spiro atoms. The van der Waals surface area contributed by atoms with Crippen LogP contribution in [0.25, 0.3) is 0 Å². The van der Waals surface area contributed by atoms with Crippen molar-refractivity contribution in [2.24, 2.45) is 0 Å². The Labute approximate surface area is 160 Å². The normalized spacial score (nSPS) is 11.8. The molecule has 0 saturated heterocycles. The van der Waals surface area contributed by atoms with Gasteiger partial charge in [-0.2, -0.15) is 0 Å². The molecule has 0 amide bonds. The Morgan fingerprint density at radius 1 is 1.19 bits per heavy atom. The third-order valence-electron chi connectivity index (χ3n) is 4.31. The van der Waals surface area contributed by atoms with E-state index in [1.807, 2.05) is 29.6 Å². The van der Waals surface area contributed by atoms with Crippen molar-refractivity contribution in [3.63, 3.8) is 0 Å². The molecule has 3 aromatic rings. The van der Waals surface area contributed by atoms with Crippen LogP contribution < -0.4 is 15.2 Å². The summed E-state index contributed by atoms with van der Waals surface area (Å²) in [5, 5.41) is 13.6. The standard InChI is InChI=1S/C19H19N3O4S/c1-25-15-6-3-12(4-7-15)16(17-11-27-19(20)21-17)10-13-9-14(22(23)24)5-8-18(13)26-2/h3-9,11,16H,10H2,1-2H3,(H2,20,21). The second-order valence-corrected chi connectivity index (χ2v) is 6.78. The van der Waals surface area contributed by atoms with Gasteiger partial charge in [0.05, 0.1) is 24.8 Å². The van der Waals surface area contributed by atoms with Gasteiger partial charge in [0.25, 0.3) is 5.69 Å². The lowest BCUT2D eigenvalue weighted by molar-refractivity contribution is -0.384. The summed E-state index contributed by atoms with van der Waals surface area (Å²) < 4.78 is 10.6. The molecule has 2 aromatic carbocycles. The number of nitrogens with zero attached hydrogens (tertiary/aromatic N) is 2. The number of nitrogen functional groups attached to an aromatic ring is 1. The second kappa shape index (κ2) is 8.05. The van der Waals surface area contributed by atoms with Gasteiger partial charge in [0.15, 0.2) is 5.13 Å². The monoisotopic (exact) mass is 385 g/mol. The molecule has 1 heterocycles. The average Bonchev–Trinajstić information content (AvgIpc) is 3.12. The van der Waals surface area contributed by atoms with Gasteiger partial charge in [-0.05, 0) is 30.2 Å². The number of methoxy groups -OCH3 is 2. The number of thiazole rings is 1. The molecule has 0 aliphatic rings. The van der Waals surface area contributed by atoms with E-state index in [-0.39, 0.29) is 11.6 Å². The summed E-state index contributed by atoms with van der Waals surface area (Å²) >= 11 is 1.37. The number of nitro benzene ring substituents is 1. The van der Waals surface area contributed by atoms with Crippen molar-refractivity contribution in [2.45, 2.75) is 12.3 Å². The predicted molar refractivity (Wildman–Crippen MR) is 105 cm³/mol. The highest BCUT2D eigenvalue weighted by Crippen LogP contribution is 2.35. The lowest BCUT2D eigenvalue weighted by Crippen LogP contribution is -2.08. The summed E-state index contributed by atoms with van der Waals surface area (Å²) in [6.07, 6.45) is 0.486. The number of rotatable bonds is 7. The third-order valence-corrected chi connectivity index (χ3v) is 5.01. The maximum Gasteiger partial charge on any atom is 0.269 e. The number of non-ortho nitro benzene ring substituents is 1. The van der Waals surface area contributed by atoms with E-state index in [0.29, 0.717) is 17.3 Å². The van der Waals surface area contributed by atoms with E-state index in [0.717, 1.165) is 22.6 Å². The lowest BCUT2D eigenvalue weighted by atomic mass is 9.89. The summed E-state index contributed by atoms with van der Waals surface area (Å²) in [6.45, 7) is 0. The van der Waals surface area contributed by atoms with Gasteiger partial charge < -0.3 is 15.2 Å². The molecule has 140 valence electrons. The molecule has 0 aliphatic heterocycles. The fourth-order valence-electron chi connectivity index (χ4n) is 2.95. The zero-order valence-corrected chi connectivity index (χ0v) is 15.7. The first kappa shape index (κ1) is 18.7. The molecule has 0 saturated carbocycles. The molecular weight excluding hydrogens is 366 g/mol. The van der Waals surface area contributed by atoms with Crippen molar-refractivity contribution < 1.29 is 14.4 Å². The topological polar surface area (TPSA) is 101 Å². The third kappa shape index (κ3) is 4.17. The summed E-state index contributed by atoms with van der Waals surface area (Å²) in [7, 11) is 3.16. The van der Waals surface area contributed by atoms with Gasteiger partial charge in [0.2, 0.25) is 0 Å². The molecule has 7 nitrogen and oxygen atoms in total. The van der Waals surface area contributed by atoms with Crippen LogP contribution in [-0.2, 0) is 6.42 Å². The minimum atomic E-state index is -0.411. The molecule has 8 heteroatoms. The zero-order valence-electron chi connectivity index (χ0n) is 14.9. The maximum absolute atomic E-state index is 11.2. The van der Waals surface area contributed by atoms with E-state index < -0.39 is 4.92 Å². The molecular formula is C19H19N3O4S. The molecule has 2 N–H and O–H groups in total. The second-order valence-electron chi connectivity index (χ2n) is 5.89. The van der Waals surface area contributed by atoms with Crippen LogP contribution >= 0.6 is 11.3 Å². The number of nitrogens with two attached hydrogens (primary N) is 1. The SMILES string of the molecule is COc1ccc(C(Cc2cc([N+](=O)[O-])ccc2OC)c2csc(N)n2)cc1. The lowest BCUT2D eigenvalue weighted by Gasteiger charge is -2.18. The highest BCUT2D eigenvalue weighted by molar-refractivity contribution is 7.13. The number of aromatic nitrogens is 1. The van der Waals surface area contributed by atoms with Crippen LogP contribution in [0.4, 0.5) is 10.8 Å². The number of anilines is 1. The van der Waals surface area contributed by atoms with Crippen LogP contribution in [0.3, 0.4) is 0 Å². The first-order valence-electron chi connectivity index (χ1n) is 8.18. The summed E-state index contributed by atoms with van der Waals surface area (Å²) in [5.74, 6) is 1.23. The minimum absolute atomic E-state index is 0.0251. The fourth-order valence-corrected chi connectivity index (χ4v) is 3.56. The summed E-state index contributed by atoms with van der Waals surface area (Å²) in [5.41, 5.74) is 8.41. The van der Waals surface area contributed by atoms with Crippen LogP contribution in [0, 0.1) is 10.1 Å². The summed E-state index contributed by atoms with van der Waals surface area (Å²) in [4.78, 5) is 15.2. The molecule has 1 atom stereocenters. The van der Waals surface area contributed by atoms with Gasteiger partial charge in [0, 0.05) is 29.0 Å². The Kier molecular flexibility index (Phi) is 5.56. The Bertz CT molecular complexity index is 940. The van der Waals surface area contributed by atoms with E-state index in [1.165, 1.54) is 17.4 Å². The maximum atomic E-state index is 11.2. The molecule has 27 heavy (non-hydrogen) atoms. The van der Waals surface area contributed by atoms with Crippen molar-refractivity contribution >= 4 is 22.2 Å². The molecule has 1 aromatic heterocycles. The van der Waals surface area contributed by atoms with E-state index in [9.17, 15) is 10.1 Å². The predicted octanol–water partition coefficient (Wildman–Crippen LogP) is 4.03. The van der Waals surface area contributed by atoms with Crippen molar-refractivity contribution in [1.82, 2.24) is 4.98 Å². The van der Waals surface area contributed by atoms with E-state index in [1.54, 1.807) is 26.4 Å². The number of nitro groups is 1. The van der Waals surface area contributed by atoms with Crippen molar-refractivity contribution in [3.8, 4) is 11.5 Å². The minimum Gasteiger partial charge on any atom is -0.497 e. The van der Waals surface area contributed by atoms with Crippen LogP contribution in [-0.4, -0.2) is 24.1 Å². The van der Waals surface area contributed by atoms with Crippen LogP contribution in [0.5, 0.6) is 11.5 Å². The van der Waals surface area contributed by atoms with E-state index in [2.05, 4.69) is 4.98 Å². The van der Waals surface area contributed by atoms with Gasteiger partial charge in [-0.15, -0.1) is 11.3 Å². The number of ether oxygens (including phenoxy) is 2. The van der Waals surface area contributed by atoms with E-state index in [4.69, 9.17) is 15.2 Å². The fraction of sp³-hybridized carbons (Fsp3) is 0.211. The van der Waals surface area contributed by atoms with Crippen LogP contribution in [0.15, 0.2) is 47.8 Å². The summed E-state index contributed by atoms with van der Waals surface area (Å²) in [6, 6.07) is 12.3. The Hall–Kier alpha value is -3.13. The van der Waals surface area contributed by atoms with Crippen LogP contribution in [0.2, 0.25) is 0 Å². The molecule has 0 bridgehead atoms. The largest absolute Gasteiger partial charge is 0.497 e. The van der Waals surface area contributed by atoms with Crippen molar-refractivity contribution in [1.29, 1.82) is 0 Å². The highest BCUT2D eigenvalue weighted by Gasteiger charge is 2.21. The number of hydrogen-bond acceptors (Lipinski definition) is 7.